The molecule has 4 N–H and O–H groups in total. The van der Waals surface area contributed by atoms with Gasteiger partial charge in [-0.15, -0.1) is 0 Å². The first-order valence-electron chi connectivity index (χ1n) is 5.95. The van der Waals surface area contributed by atoms with Crippen LogP contribution in [-0.2, 0) is 4.79 Å². The van der Waals surface area contributed by atoms with Gasteiger partial charge in [0.1, 0.15) is 6.04 Å². The number of rotatable bonds is 7. The Balaban J connectivity index is 2.28. The molecule has 0 aliphatic carbocycles. The van der Waals surface area contributed by atoms with Crippen LogP contribution in [0.5, 0.6) is 0 Å². The van der Waals surface area contributed by atoms with Crippen LogP contribution in [0, 0.1) is 0 Å². The SMILES string of the molecule is N[C@@H](C(=O)NCCCCCO)c1ccccc1. The molecule has 0 unspecified atom stereocenters. The summed E-state index contributed by atoms with van der Waals surface area (Å²) in [6, 6.07) is 8.71. The largest absolute Gasteiger partial charge is 0.396 e. The van der Waals surface area contributed by atoms with Gasteiger partial charge in [-0.25, -0.2) is 0 Å². The van der Waals surface area contributed by atoms with E-state index in [4.69, 9.17) is 10.8 Å². The predicted octanol–water partition coefficient (Wildman–Crippen LogP) is 0.965. The Morgan fingerprint density at radius 1 is 1.24 bits per heavy atom. The van der Waals surface area contributed by atoms with Crippen LogP contribution in [0.2, 0.25) is 0 Å². The summed E-state index contributed by atoms with van der Waals surface area (Å²) in [7, 11) is 0. The fraction of sp³-hybridized carbons (Fsp3) is 0.462. The van der Waals surface area contributed by atoms with Gasteiger partial charge in [0.25, 0.3) is 0 Å². The minimum absolute atomic E-state index is 0.153. The molecule has 0 bridgehead atoms. The van der Waals surface area contributed by atoms with Crippen LogP contribution < -0.4 is 11.1 Å². The highest BCUT2D eigenvalue weighted by molar-refractivity contribution is 5.82. The minimum Gasteiger partial charge on any atom is -0.396 e. The molecular weight excluding hydrogens is 216 g/mol. The lowest BCUT2D eigenvalue weighted by Gasteiger charge is -2.12. The average Bonchev–Trinajstić information content (AvgIpc) is 2.38. The van der Waals surface area contributed by atoms with Gasteiger partial charge in [0.15, 0.2) is 0 Å². The van der Waals surface area contributed by atoms with Gasteiger partial charge in [-0.05, 0) is 24.8 Å². The summed E-state index contributed by atoms with van der Waals surface area (Å²) in [5.74, 6) is -0.153. The van der Waals surface area contributed by atoms with Gasteiger partial charge in [-0.2, -0.15) is 0 Å². The normalized spacial score (nSPS) is 12.1. The van der Waals surface area contributed by atoms with Crippen LogP contribution in [0.1, 0.15) is 30.9 Å². The Labute approximate surface area is 102 Å². The minimum atomic E-state index is -0.603. The number of hydrogen-bond acceptors (Lipinski definition) is 3. The first kappa shape index (κ1) is 13.7. The molecule has 4 nitrogen and oxygen atoms in total. The molecule has 0 radical (unpaired) electrons. The van der Waals surface area contributed by atoms with Crippen LogP contribution in [0.25, 0.3) is 0 Å². The van der Waals surface area contributed by atoms with E-state index in [1.165, 1.54) is 0 Å². The molecule has 17 heavy (non-hydrogen) atoms. The summed E-state index contributed by atoms with van der Waals surface area (Å²) >= 11 is 0. The third kappa shape index (κ3) is 4.97. The molecule has 1 atom stereocenters. The van der Waals surface area contributed by atoms with Crippen LogP contribution in [0.3, 0.4) is 0 Å². The Morgan fingerprint density at radius 3 is 2.59 bits per heavy atom. The number of hydrogen-bond donors (Lipinski definition) is 3. The van der Waals surface area contributed by atoms with E-state index in [1.54, 1.807) is 0 Å². The van der Waals surface area contributed by atoms with Crippen molar-refractivity contribution in [1.29, 1.82) is 0 Å². The molecule has 1 rings (SSSR count). The van der Waals surface area contributed by atoms with E-state index in [-0.39, 0.29) is 12.5 Å². The Bertz CT molecular complexity index is 327. The second-order valence-corrected chi connectivity index (χ2v) is 3.96. The smallest absolute Gasteiger partial charge is 0.241 e. The van der Waals surface area contributed by atoms with Crippen molar-refractivity contribution in [1.82, 2.24) is 5.32 Å². The maximum Gasteiger partial charge on any atom is 0.241 e. The van der Waals surface area contributed by atoms with Crippen LogP contribution in [0.4, 0.5) is 0 Å². The molecule has 0 aliphatic rings. The lowest BCUT2D eigenvalue weighted by molar-refractivity contribution is -0.122. The average molecular weight is 236 g/mol. The molecule has 1 amide bonds. The predicted molar refractivity (Wildman–Crippen MR) is 67.3 cm³/mol. The van der Waals surface area contributed by atoms with Crippen molar-refractivity contribution in [3.8, 4) is 0 Å². The van der Waals surface area contributed by atoms with Crippen LogP contribution >= 0.6 is 0 Å². The van der Waals surface area contributed by atoms with E-state index in [0.717, 1.165) is 24.8 Å². The zero-order chi connectivity index (χ0) is 12.5. The van der Waals surface area contributed by atoms with Crippen molar-refractivity contribution in [3.63, 3.8) is 0 Å². The quantitative estimate of drug-likeness (QED) is 0.617. The summed E-state index contributed by atoms with van der Waals surface area (Å²) in [5, 5.41) is 11.4. The topological polar surface area (TPSA) is 75.4 Å². The Morgan fingerprint density at radius 2 is 1.94 bits per heavy atom. The molecule has 1 aromatic carbocycles. The summed E-state index contributed by atoms with van der Waals surface area (Å²) in [5.41, 5.74) is 6.65. The van der Waals surface area contributed by atoms with Gasteiger partial charge in [0, 0.05) is 13.2 Å². The van der Waals surface area contributed by atoms with E-state index in [2.05, 4.69) is 5.32 Å². The molecule has 0 aromatic heterocycles. The van der Waals surface area contributed by atoms with E-state index in [1.807, 2.05) is 30.3 Å². The van der Waals surface area contributed by atoms with E-state index < -0.39 is 6.04 Å². The fourth-order valence-electron chi connectivity index (χ4n) is 1.55. The number of carbonyl (C=O) groups excluding carboxylic acids is 1. The second-order valence-electron chi connectivity index (χ2n) is 3.96. The summed E-state index contributed by atoms with van der Waals surface area (Å²) < 4.78 is 0. The highest BCUT2D eigenvalue weighted by Gasteiger charge is 2.14. The molecule has 0 heterocycles. The lowest BCUT2D eigenvalue weighted by atomic mass is 10.1. The first-order chi connectivity index (χ1) is 8.25. The molecular formula is C13H20N2O2. The van der Waals surface area contributed by atoms with Crippen molar-refractivity contribution in [2.75, 3.05) is 13.2 Å². The highest BCUT2D eigenvalue weighted by Crippen LogP contribution is 2.09. The summed E-state index contributed by atoms with van der Waals surface area (Å²) in [4.78, 5) is 11.7. The maximum absolute atomic E-state index is 11.7. The molecule has 0 aliphatic heterocycles. The molecule has 1 aromatic rings. The molecule has 4 heteroatoms. The molecule has 94 valence electrons. The molecule has 0 fully saturated rings. The van der Waals surface area contributed by atoms with Crippen LogP contribution in [-0.4, -0.2) is 24.2 Å². The number of nitrogens with two attached hydrogens (primary N) is 1. The van der Waals surface area contributed by atoms with Gasteiger partial charge in [0.05, 0.1) is 0 Å². The molecule has 0 saturated heterocycles. The standard InChI is InChI=1S/C13H20N2O2/c14-12(11-7-3-1-4-8-11)13(17)15-9-5-2-6-10-16/h1,3-4,7-8,12,16H,2,5-6,9-10,14H2,(H,15,17)/t12-/m1/s1. The zero-order valence-electron chi connectivity index (χ0n) is 9.93. The van der Waals surface area contributed by atoms with Crippen molar-refractivity contribution >= 4 is 5.91 Å². The van der Waals surface area contributed by atoms with Crippen molar-refractivity contribution in [3.05, 3.63) is 35.9 Å². The van der Waals surface area contributed by atoms with Crippen molar-refractivity contribution < 1.29 is 9.90 Å². The summed E-state index contributed by atoms with van der Waals surface area (Å²) in [6.07, 6.45) is 2.56. The third-order valence-electron chi connectivity index (χ3n) is 2.58. The Hall–Kier alpha value is -1.39. The van der Waals surface area contributed by atoms with E-state index in [9.17, 15) is 4.79 Å². The van der Waals surface area contributed by atoms with Gasteiger partial charge >= 0.3 is 0 Å². The second kappa shape index (κ2) is 7.81. The van der Waals surface area contributed by atoms with E-state index >= 15 is 0 Å². The van der Waals surface area contributed by atoms with Gasteiger partial charge < -0.3 is 16.2 Å². The number of nitrogens with one attached hydrogen (secondary N) is 1. The number of aliphatic hydroxyl groups is 1. The zero-order valence-corrected chi connectivity index (χ0v) is 9.93. The molecule has 0 spiro atoms. The first-order valence-corrected chi connectivity index (χ1v) is 5.95. The molecule has 0 saturated carbocycles. The van der Waals surface area contributed by atoms with Gasteiger partial charge in [0.2, 0.25) is 5.91 Å². The number of benzene rings is 1. The lowest BCUT2D eigenvalue weighted by Crippen LogP contribution is -2.34. The fourth-order valence-corrected chi connectivity index (χ4v) is 1.55. The van der Waals surface area contributed by atoms with Gasteiger partial charge in [-0.3, -0.25) is 4.79 Å². The van der Waals surface area contributed by atoms with E-state index in [0.29, 0.717) is 6.54 Å². The van der Waals surface area contributed by atoms with Crippen molar-refractivity contribution in [2.45, 2.75) is 25.3 Å². The summed E-state index contributed by atoms with van der Waals surface area (Å²) in [6.45, 7) is 0.816. The maximum atomic E-state index is 11.7. The monoisotopic (exact) mass is 236 g/mol. The third-order valence-corrected chi connectivity index (χ3v) is 2.58. The van der Waals surface area contributed by atoms with Crippen LogP contribution in [0.15, 0.2) is 30.3 Å². The number of aliphatic hydroxyl groups excluding tert-OH is 1. The van der Waals surface area contributed by atoms with Crippen molar-refractivity contribution in [2.24, 2.45) is 5.73 Å². The highest BCUT2D eigenvalue weighted by atomic mass is 16.2. The van der Waals surface area contributed by atoms with Gasteiger partial charge in [-0.1, -0.05) is 30.3 Å². The number of unbranched alkanes of at least 4 members (excludes halogenated alkanes) is 2. The Kier molecular flexibility index (Phi) is 6.29. The number of amides is 1. The number of carbonyl (C=O) groups is 1.